The van der Waals surface area contributed by atoms with Crippen LogP contribution in [0.1, 0.15) is 63.2 Å². The number of rotatable bonds is 16. The van der Waals surface area contributed by atoms with Gasteiger partial charge in [0, 0.05) is 24.8 Å². The summed E-state index contributed by atoms with van der Waals surface area (Å²) in [5.41, 5.74) is 0.465. The Hall–Kier alpha value is -2.10. The van der Waals surface area contributed by atoms with E-state index in [4.69, 9.17) is 0 Å². The Morgan fingerprint density at radius 3 is 2.27 bits per heavy atom. The fraction of sp³-hybridized carbons (Fsp3) is 0.625. The lowest BCUT2D eigenvalue weighted by Crippen LogP contribution is -2.54. The lowest BCUT2D eigenvalue weighted by Gasteiger charge is -2.28. The topological polar surface area (TPSA) is 128 Å². The largest absolute Gasteiger partial charge is 0.388 e. The van der Waals surface area contributed by atoms with Crippen molar-refractivity contribution < 1.29 is 24.6 Å². The zero-order chi connectivity index (χ0) is 24.6. The number of aliphatic hydroxyl groups excluding tert-OH is 2. The Bertz CT molecular complexity index is 719. The van der Waals surface area contributed by atoms with Crippen LogP contribution in [-0.4, -0.2) is 70.3 Å². The van der Waals surface area contributed by atoms with Gasteiger partial charge in [-0.25, -0.2) is 0 Å². The first-order valence-corrected chi connectivity index (χ1v) is 12.8. The molecule has 0 fully saturated rings. The molecule has 4 atom stereocenters. The molecule has 4 unspecified atom stereocenters. The average molecular weight is 482 g/mol. The summed E-state index contributed by atoms with van der Waals surface area (Å²) in [7, 11) is 0. The second kappa shape index (κ2) is 16.5. The van der Waals surface area contributed by atoms with Crippen molar-refractivity contribution in [2.45, 2.75) is 77.2 Å². The highest BCUT2D eigenvalue weighted by molar-refractivity contribution is 7.99. The van der Waals surface area contributed by atoms with Crippen molar-refractivity contribution in [2.75, 3.05) is 18.1 Å². The molecule has 0 aliphatic rings. The predicted molar refractivity (Wildman–Crippen MR) is 132 cm³/mol. The van der Waals surface area contributed by atoms with E-state index in [1.165, 1.54) is 6.92 Å². The van der Waals surface area contributed by atoms with E-state index >= 15 is 0 Å². The molecule has 0 bridgehead atoms. The summed E-state index contributed by atoms with van der Waals surface area (Å²) in [5, 5.41) is 29.3. The molecule has 0 heterocycles. The van der Waals surface area contributed by atoms with Gasteiger partial charge in [0.1, 0.15) is 12.1 Å². The van der Waals surface area contributed by atoms with Crippen LogP contribution in [0.3, 0.4) is 0 Å². The van der Waals surface area contributed by atoms with E-state index in [0.717, 1.165) is 31.4 Å². The molecule has 33 heavy (non-hydrogen) atoms. The Morgan fingerprint density at radius 1 is 1.00 bits per heavy atom. The molecule has 8 nitrogen and oxygen atoms in total. The second-order valence-electron chi connectivity index (χ2n) is 8.07. The van der Waals surface area contributed by atoms with E-state index in [2.05, 4.69) is 22.9 Å². The fourth-order valence-electron chi connectivity index (χ4n) is 3.19. The van der Waals surface area contributed by atoms with E-state index in [-0.39, 0.29) is 18.4 Å². The predicted octanol–water partition coefficient (Wildman–Crippen LogP) is 1.85. The van der Waals surface area contributed by atoms with E-state index in [1.54, 1.807) is 36.0 Å². The first kappa shape index (κ1) is 28.9. The minimum absolute atomic E-state index is 0.195. The number of unbranched alkanes of at least 4 members (excludes halogenated alkanes) is 2. The van der Waals surface area contributed by atoms with Crippen molar-refractivity contribution in [3.05, 3.63) is 35.9 Å². The molecule has 9 heteroatoms. The van der Waals surface area contributed by atoms with Crippen molar-refractivity contribution >= 4 is 29.5 Å². The van der Waals surface area contributed by atoms with Gasteiger partial charge in [0.2, 0.25) is 11.8 Å². The van der Waals surface area contributed by atoms with Gasteiger partial charge in [-0.1, -0.05) is 51.3 Å². The number of carbonyl (C=O) groups excluding carboxylic acids is 3. The summed E-state index contributed by atoms with van der Waals surface area (Å²) < 4.78 is 0. The molecule has 0 radical (unpaired) electrons. The molecule has 0 aliphatic carbocycles. The molecular formula is C24H39N3O5S. The smallest absolute Gasteiger partial charge is 0.251 e. The molecular weight excluding hydrogens is 442 g/mol. The van der Waals surface area contributed by atoms with Gasteiger partial charge >= 0.3 is 0 Å². The molecule has 1 rings (SSSR count). The van der Waals surface area contributed by atoms with Crippen molar-refractivity contribution in [3.8, 4) is 0 Å². The first-order valence-electron chi connectivity index (χ1n) is 11.6. The summed E-state index contributed by atoms with van der Waals surface area (Å²) in [6, 6.07) is 7.28. The van der Waals surface area contributed by atoms with E-state index in [1.807, 2.05) is 13.0 Å². The number of thioether (sulfide) groups is 1. The van der Waals surface area contributed by atoms with Crippen LogP contribution in [0.2, 0.25) is 0 Å². The van der Waals surface area contributed by atoms with Gasteiger partial charge in [-0.15, -0.1) is 0 Å². The quantitative estimate of drug-likeness (QED) is 0.229. The van der Waals surface area contributed by atoms with E-state index in [9.17, 15) is 24.6 Å². The number of aliphatic hydroxyl groups is 2. The molecule has 1 aromatic rings. The van der Waals surface area contributed by atoms with Crippen molar-refractivity contribution in [3.63, 3.8) is 0 Å². The van der Waals surface area contributed by atoms with Crippen LogP contribution in [0.5, 0.6) is 0 Å². The molecule has 0 saturated heterocycles. The highest BCUT2D eigenvalue weighted by atomic mass is 32.2. The van der Waals surface area contributed by atoms with E-state index in [0.29, 0.717) is 17.7 Å². The van der Waals surface area contributed by atoms with Crippen LogP contribution >= 0.6 is 11.8 Å². The Labute approximate surface area is 201 Å². The number of amides is 3. The Morgan fingerprint density at radius 2 is 1.67 bits per heavy atom. The second-order valence-corrected chi connectivity index (χ2v) is 9.22. The molecule has 0 aliphatic heterocycles. The van der Waals surface area contributed by atoms with Crippen LogP contribution in [0.4, 0.5) is 0 Å². The summed E-state index contributed by atoms with van der Waals surface area (Å²) in [5.74, 6) is 0.258. The van der Waals surface area contributed by atoms with Crippen molar-refractivity contribution in [1.82, 2.24) is 16.0 Å². The minimum atomic E-state index is -1.28. The molecule has 3 amide bonds. The normalized spacial score (nSPS) is 14.6. The van der Waals surface area contributed by atoms with Gasteiger partial charge in [-0.3, -0.25) is 14.4 Å². The average Bonchev–Trinajstić information content (AvgIpc) is 2.81. The molecule has 0 spiro atoms. The third-order valence-corrected chi connectivity index (χ3v) is 6.28. The molecule has 186 valence electrons. The summed E-state index contributed by atoms with van der Waals surface area (Å²) >= 11 is 1.58. The number of nitrogens with one attached hydrogen (secondary N) is 3. The van der Waals surface area contributed by atoms with Gasteiger partial charge in [-0.2, -0.15) is 11.8 Å². The molecule has 0 aromatic heterocycles. The Balaban J connectivity index is 2.68. The molecule has 1 aromatic carbocycles. The highest BCUT2D eigenvalue weighted by Crippen LogP contribution is 2.11. The third-order valence-electron chi connectivity index (χ3n) is 5.13. The first-order chi connectivity index (χ1) is 15.8. The maximum atomic E-state index is 12.6. The Kier molecular flexibility index (Phi) is 14.5. The molecule has 5 N–H and O–H groups in total. The fourth-order valence-corrected chi connectivity index (χ4v) is 4.32. The van der Waals surface area contributed by atoms with Gasteiger partial charge in [-0.05, 0) is 30.7 Å². The maximum Gasteiger partial charge on any atom is 0.251 e. The lowest BCUT2D eigenvalue weighted by molar-refractivity contribution is -0.128. The van der Waals surface area contributed by atoms with E-state index < -0.39 is 30.2 Å². The van der Waals surface area contributed by atoms with Gasteiger partial charge in [0.25, 0.3) is 5.91 Å². The minimum Gasteiger partial charge on any atom is -0.388 e. The monoisotopic (exact) mass is 481 g/mol. The van der Waals surface area contributed by atoms with Gasteiger partial charge < -0.3 is 26.2 Å². The van der Waals surface area contributed by atoms with Crippen LogP contribution in [0.25, 0.3) is 0 Å². The van der Waals surface area contributed by atoms with Gasteiger partial charge in [0.05, 0.1) is 12.1 Å². The number of hydrogen-bond donors (Lipinski definition) is 5. The SMILES string of the molecule is CCCCSCC(NC(C)=O)C(=O)NCC(O)C(O)C(CCCC)NC(=O)c1ccccc1. The lowest BCUT2D eigenvalue weighted by atomic mass is 9.99. The maximum absolute atomic E-state index is 12.6. The van der Waals surface area contributed by atoms with Crippen LogP contribution in [-0.2, 0) is 9.59 Å². The summed E-state index contributed by atoms with van der Waals surface area (Å²) in [6.07, 6.45) is 1.65. The zero-order valence-corrected chi connectivity index (χ0v) is 20.7. The third kappa shape index (κ3) is 11.5. The number of carbonyl (C=O) groups is 3. The standard InChI is InChI=1S/C24H39N3O5S/c1-4-6-13-19(27-23(31)18-11-9-8-10-12-18)22(30)21(29)15-25-24(32)20(26-17(3)28)16-33-14-7-5-2/h8-12,19-22,29-30H,4-7,13-16H2,1-3H3,(H,25,32)(H,26,28)(H,27,31). The van der Waals surface area contributed by atoms with Gasteiger partial charge in [0.15, 0.2) is 0 Å². The zero-order valence-electron chi connectivity index (χ0n) is 19.9. The number of benzene rings is 1. The van der Waals surface area contributed by atoms with Crippen LogP contribution in [0.15, 0.2) is 30.3 Å². The van der Waals surface area contributed by atoms with Crippen LogP contribution in [0, 0.1) is 0 Å². The number of hydrogen-bond acceptors (Lipinski definition) is 6. The van der Waals surface area contributed by atoms with Crippen molar-refractivity contribution in [1.29, 1.82) is 0 Å². The summed E-state index contributed by atoms with van der Waals surface area (Å²) in [6.45, 7) is 5.24. The summed E-state index contributed by atoms with van der Waals surface area (Å²) in [4.78, 5) is 36.6. The van der Waals surface area contributed by atoms with Crippen LogP contribution < -0.4 is 16.0 Å². The highest BCUT2D eigenvalue weighted by Gasteiger charge is 2.29. The molecule has 0 saturated carbocycles. The van der Waals surface area contributed by atoms with Crippen molar-refractivity contribution in [2.24, 2.45) is 0 Å².